The molecule has 1 aromatic carbocycles. The fourth-order valence-electron chi connectivity index (χ4n) is 3.07. The average molecular weight is 404 g/mol. The van der Waals surface area contributed by atoms with Crippen LogP contribution in [-0.2, 0) is 4.79 Å². The van der Waals surface area contributed by atoms with Crippen LogP contribution in [0.2, 0.25) is 0 Å². The van der Waals surface area contributed by atoms with Crippen molar-refractivity contribution in [2.45, 2.75) is 23.7 Å². The van der Waals surface area contributed by atoms with Gasteiger partial charge in [0.15, 0.2) is 0 Å². The first-order valence-electron chi connectivity index (χ1n) is 8.71. The van der Waals surface area contributed by atoms with E-state index in [1.807, 2.05) is 21.7 Å². The van der Waals surface area contributed by atoms with Crippen molar-refractivity contribution in [1.82, 2.24) is 15.1 Å². The van der Waals surface area contributed by atoms with Crippen LogP contribution in [0.4, 0.5) is 4.39 Å². The van der Waals surface area contributed by atoms with Crippen molar-refractivity contribution in [3.63, 3.8) is 0 Å². The van der Waals surface area contributed by atoms with Crippen LogP contribution in [0.3, 0.4) is 0 Å². The smallest absolute Gasteiger partial charge is 0.248 e. The number of likely N-dealkylation sites (tertiary alicyclic amines) is 1. The SMILES string of the molecule is O=C(CSc1ccc(F)cc1)N1CCCC(c2nnc(-c3ccsc3)o2)C1. The van der Waals surface area contributed by atoms with Crippen molar-refractivity contribution in [2.75, 3.05) is 18.8 Å². The molecule has 0 saturated carbocycles. The van der Waals surface area contributed by atoms with Gasteiger partial charge in [-0.1, -0.05) is 0 Å². The molecule has 3 aromatic rings. The van der Waals surface area contributed by atoms with E-state index in [0.29, 0.717) is 24.1 Å². The van der Waals surface area contributed by atoms with Crippen molar-refractivity contribution in [3.05, 3.63) is 52.8 Å². The number of aromatic nitrogens is 2. The summed E-state index contributed by atoms with van der Waals surface area (Å²) in [4.78, 5) is 15.3. The quantitative estimate of drug-likeness (QED) is 0.590. The van der Waals surface area contributed by atoms with Crippen LogP contribution in [0.15, 0.2) is 50.4 Å². The first kappa shape index (κ1) is 18.2. The molecule has 0 N–H and O–H groups in total. The zero-order chi connectivity index (χ0) is 18.6. The lowest BCUT2D eigenvalue weighted by molar-refractivity contribution is -0.129. The number of halogens is 1. The van der Waals surface area contributed by atoms with Gasteiger partial charge in [0.05, 0.1) is 11.7 Å². The zero-order valence-corrected chi connectivity index (χ0v) is 16.1. The number of thioether (sulfide) groups is 1. The Morgan fingerprint density at radius 2 is 2.15 bits per heavy atom. The molecule has 1 amide bonds. The van der Waals surface area contributed by atoms with Gasteiger partial charge in [0, 0.05) is 28.9 Å². The lowest BCUT2D eigenvalue weighted by atomic mass is 9.98. The fraction of sp³-hybridized carbons (Fsp3) is 0.316. The van der Waals surface area contributed by atoms with Crippen molar-refractivity contribution < 1.29 is 13.6 Å². The van der Waals surface area contributed by atoms with Crippen molar-refractivity contribution >= 4 is 29.0 Å². The van der Waals surface area contributed by atoms with E-state index in [1.54, 1.807) is 23.5 Å². The number of piperidine rings is 1. The summed E-state index contributed by atoms with van der Waals surface area (Å²) >= 11 is 3.01. The second kappa shape index (κ2) is 8.22. The molecule has 0 aliphatic carbocycles. The Morgan fingerprint density at radius 3 is 2.93 bits per heavy atom. The maximum Gasteiger partial charge on any atom is 0.248 e. The lowest BCUT2D eigenvalue weighted by Gasteiger charge is -2.31. The number of hydrogen-bond acceptors (Lipinski definition) is 6. The van der Waals surface area contributed by atoms with Gasteiger partial charge >= 0.3 is 0 Å². The van der Waals surface area contributed by atoms with E-state index in [9.17, 15) is 9.18 Å². The van der Waals surface area contributed by atoms with Gasteiger partial charge in [0.2, 0.25) is 17.7 Å². The number of benzene rings is 1. The molecule has 1 saturated heterocycles. The zero-order valence-electron chi connectivity index (χ0n) is 14.5. The molecule has 8 heteroatoms. The Kier molecular flexibility index (Phi) is 5.54. The molecule has 1 aliphatic heterocycles. The van der Waals surface area contributed by atoms with Crippen molar-refractivity contribution in [2.24, 2.45) is 0 Å². The van der Waals surface area contributed by atoms with E-state index in [-0.39, 0.29) is 17.6 Å². The Morgan fingerprint density at radius 1 is 1.30 bits per heavy atom. The van der Waals surface area contributed by atoms with E-state index in [1.165, 1.54) is 23.9 Å². The second-order valence-electron chi connectivity index (χ2n) is 6.38. The second-order valence-corrected chi connectivity index (χ2v) is 8.21. The minimum absolute atomic E-state index is 0.0680. The molecule has 1 fully saturated rings. The van der Waals surface area contributed by atoms with Gasteiger partial charge < -0.3 is 9.32 Å². The van der Waals surface area contributed by atoms with Crippen molar-refractivity contribution in [1.29, 1.82) is 0 Å². The predicted octanol–water partition coefficient (Wildman–Crippen LogP) is 4.44. The Bertz CT molecular complexity index is 896. The van der Waals surface area contributed by atoms with Crippen LogP contribution in [0, 0.1) is 5.82 Å². The standard InChI is InChI=1S/C19H18FN3O2S2/c20-15-3-5-16(6-4-15)27-12-17(24)23-8-1-2-13(10-23)18-21-22-19(25-18)14-7-9-26-11-14/h3-7,9,11,13H,1-2,8,10,12H2. The van der Waals surface area contributed by atoms with Crippen LogP contribution in [0.1, 0.15) is 24.7 Å². The third-order valence-electron chi connectivity index (χ3n) is 4.51. The molecule has 5 nitrogen and oxygen atoms in total. The largest absolute Gasteiger partial charge is 0.420 e. The van der Waals surface area contributed by atoms with Gasteiger partial charge in [0.25, 0.3) is 0 Å². The Labute approximate surface area is 164 Å². The third kappa shape index (κ3) is 4.39. The monoisotopic (exact) mass is 403 g/mol. The number of carbonyl (C=O) groups excluding carboxylic acids is 1. The predicted molar refractivity (Wildman–Crippen MR) is 103 cm³/mol. The van der Waals surface area contributed by atoms with Crippen LogP contribution >= 0.6 is 23.1 Å². The maximum atomic E-state index is 13.0. The van der Waals surface area contributed by atoms with Gasteiger partial charge in [-0.3, -0.25) is 4.79 Å². The summed E-state index contributed by atoms with van der Waals surface area (Å²) in [5.74, 6) is 1.33. The van der Waals surface area contributed by atoms with E-state index < -0.39 is 0 Å². The molecular formula is C19H18FN3O2S2. The Hall–Kier alpha value is -2.19. The summed E-state index contributed by atoms with van der Waals surface area (Å²) in [7, 11) is 0. The third-order valence-corrected chi connectivity index (χ3v) is 6.19. The molecule has 1 unspecified atom stereocenters. The van der Waals surface area contributed by atoms with Gasteiger partial charge in [-0.2, -0.15) is 11.3 Å². The normalized spacial score (nSPS) is 17.2. The van der Waals surface area contributed by atoms with E-state index >= 15 is 0 Å². The summed E-state index contributed by atoms with van der Waals surface area (Å²) in [6.07, 6.45) is 1.84. The maximum absolute atomic E-state index is 13.0. The molecule has 1 aliphatic rings. The number of thiophene rings is 1. The van der Waals surface area contributed by atoms with Crippen LogP contribution in [-0.4, -0.2) is 39.8 Å². The number of amides is 1. The summed E-state index contributed by atoms with van der Waals surface area (Å²) in [6.45, 7) is 1.33. The van der Waals surface area contributed by atoms with E-state index in [4.69, 9.17) is 4.42 Å². The highest BCUT2D eigenvalue weighted by atomic mass is 32.2. The molecule has 4 rings (SSSR count). The number of carbonyl (C=O) groups is 1. The highest BCUT2D eigenvalue weighted by Crippen LogP contribution is 2.29. The van der Waals surface area contributed by atoms with Crippen molar-refractivity contribution in [3.8, 4) is 11.5 Å². The molecule has 0 bridgehead atoms. The lowest BCUT2D eigenvalue weighted by Crippen LogP contribution is -2.40. The molecule has 1 atom stereocenters. The molecule has 0 radical (unpaired) electrons. The topological polar surface area (TPSA) is 59.2 Å². The van der Waals surface area contributed by atoms with Crippen LogP contribution < -0.4 is 0 Å². The first-order chi connectivity index (χ1) is 13.2. The van der Waals surface area contributed by atoms with Gasteiger partial charge in [-0.05, 0) is 48.6 Å². The summed E-state index contributed by atoms with van der Waals surface area (Å²) < 4.78 is 18.8. The summed E-state index contributed by atoms with van der Waals surface area (Å²) in [5, 5.41) is 12.3. The van der Waals surface area contributed by atoms with Crippen LogP contribution in [0.5, 0.6) is 0 Å². The fourth-order valence-corrected chi connectivity index (χ4v) is 4.51. The average Bonchev–Trinajstić information content (AvgIpc) is 3.39. The highest BCUT2D eigenvalue weighted by molar-refractivity contribution is 8.00. The molecule has 3 heterocycles. The number of nitrogens with zero attached hydrogens (tertiary/aromatic N) is 3. The first-order valence-corrected chi connectivity index (χ1v) is 10.6. The summed E-state index contributed by atoms with van der Waals surface area (Å²) in [6, 6.07) is 8.15. The number of rotatable bonds is 5. The number of hydrogen-bond donors (Lipinski definition) is 0. The van der Waals surface area contributed by atoms with Gasteiger partial charge in [0.1, 0.15) is 5.82 Å². The Balaban J connectivity index is 1.36. The summed E-state index contributed by atoms with van der Waals surface area (Å²) in [5.41, 5.74) is 0.929. The van der Waals surface area contributed by atoms with Crippen LogP contribution in [0.25, 0.3) is 11.5 Å². The molecule has 27 heavy (non-hydrogen) atoms. The molecule has 140 valence electrons. The molecule has 0 spiro atoms. The molecular weight excluding hydrogens is 385 g/mol. The molecule has 2 aromatic heterocycles. The highest BCUT2D eigenvalue weighted by Gasteiger charge is 2.28. The van der Waals surface area contributed by atoms with E-state index in [2.05, 4.69) is 10.2 Å². The minimum atomic E-state index is -0.272. The van der Waals surface area contributed by atoms with Gasteiger partial charge in [-0.25, -0.2) is 4.39 Å². The minimum Gasteiger partial charge on any atom is -0.420 e. The van der Waals surface area contributed by atoms with Gasteiger partial charge in [-0.15, -0.1) is 22.0 Å². The van der Waals surface area contributed by atoms with E-state index in [0.717, 1.165) is 29.8 Å².